The molecule has 0 unspecified atom stereocenters. The molecule has 1 N–H and O–H groups in total. The van der Waals surface area contributed by atoms with Crippen LogP contribution in [0.1, 0.15) is 27.4 Å². The van der Waals surface area contributed by atoms with Crippen LogP contribution in [-0.2, 0) is 6.61 Å². The maximum absolute atomic E-state index is 12.4. The first-order valence-electron chi connectivity index (χ1n) is 8.58. The first-order chi connectivity index (χ1) is 13.1. The molecule has 0 spiro atoms. The van der Waals surface area contributed by atoms with Crippen molar-refractivity contribution in [3.63, 3.8) is 0 Å². The van der Waals surface area contributed by atoms with Gasteiger partial charge in [-0.3, -0.25) is 4.79 Å². The third kappa shape index (κ3) is 3.74. The molecule has 27 heavy (non-hydrogen) atoms. The molecule has 0 bridgehead atoms. The fraction of sp³-hybridized carbons (Fsp3) is 0.190. The summed E-state index contributed by atoms with van der Waals surface area (Å²) in [6, 6.07) is 14.6. The largest absolute Gasteiger partial charge is 0.485 e. The average Bonchev–Trinajstić information content (AvgIpc) is 3.31. The molecule has 0 saturated carbocycles. The Balaban J connectivity index is 1.40. The average molecular weight is 365 g/mol. The first-order valence-corrected chi connectivity index (χ1v) is 8.58. The van der Waals surface area contributed by atoms with Gasteiger partial charge in [0.1, 0.15) is 18.1 Å². The molecule has 2 aromatic carbocycles. The smallest absolute Gasteiger partial charge is 0.291 e. The molecule has 0 fully saturated rings. The van der Waals surface area contributed by atoms with E-state index in [-0.39, 0.29) is 25.1 Å². The van der Waals surface area contributed by atoms with Crippen molar-refractivity contribution >= 4 is 11.6 Å². The molecule has 6 nitrogen and oxygen atoms in total. The number of fused-ring (bicyclic) bond motifs is 1. The number of hydrogen-bond acceptors (Lipinski definition) is 5. The summed E-state index contributed by atoms with van der Waals surface area (Å²) in [6.07, 6.45) is 0. The van der Waals surface area contributed by atoms with Crippen molar-refractivity contribution in [1.29, 1.82) is 0 Å². The molecule has 0 radical (unpaired) electrons. The van der Waals surface area contributed by atoms with Gasteiger partial charge in [-0.05, 0) is 55.3 Å². The summed E-state index contributed by atoms with van der Waals surface area (Å²) < 4.78 is 22.0. The lowest BCUT2D eigenvalue weighted by Crippen LogP contribution is -2.10. The summed E-state index contributed by atoms with van der Waals surface area (Å²) in [7, 11) is 0. The summed E-state index contributed by atoms with van der Waals surface area (Å²) in [6.45, 7) is 4.44. The number of nitrogens with one attached hydrogen (secondary N) is 1. The quantitative estimate of drug-likeness (QED) is 0.723. The van der Waals surface area contributed by atoms with E-state index >= 15 is 0 Å². The van der Waals surface area contributed by atoms with E-state index in [0.29, 0.717) is 22.9 Å². The standard InChI is InChI=1S/C21H19NO5/c1-13-3-4-14(2)19(9-13)24-11-16-6-8-18(27-16)21(23)22-15-5-7-17-20(10-15)26-12-25-17/h3-10H,11-12H2,1-2H3,(H,22,23). The lowest BCUT2D eigenvalue weighted by molar-refractivity contribution is 0.0992. The SMILES string of the molecule is Cc1ccc(C)c(OCc2ccc(C(=O)Nc3ccc4c(c3)OCO4)o2)c1. The number of ether oxygens (including phenoxy) is 3. The molecule has 0 saturated heterocycles. The number of aryl methyl sites for hydroxylation is 2. The van der Waals surface area contributed by atoms with Gasteiger partial charge in [-0.25, -0.2) is 0 Å². The first kappa shape index (κ1) is 17.0. The predicted molar refractivity (Wildman–Crippen MR) is 99.5 cm³/mol. The summed E-state index contributed by atoms with van der Waals surface area (Å²) >= 11 is 0. The van der Waals surface area contributed by atoms with E-state index in [2.05, 4.69) is 5.32 Å². The van der Waals surface area contributed by atoms with E-state index in [4.69, 9.17) is 18.6 Å². The number of benzene rings is 2. The molecule has 4 rings (SSSR count). The third-order valence-electron chi connectivity index (χ3n) is 4.23. The normalized spacial score (nSPS) is 12.1. The zero-order valence-corrected chi connectivity index (χ0v) is 15.1. The molecule has 6 heteroatoms. The van der Waals surface area contributed by atoms with Crippen LogP contribution >= 0.6 is 0 Å². The number of carbonyl (C=O) groups is 1. The molecule has 0 aliphatic carbocycles. The van der Waals surface area contributed by atoms with Crippen LogP contribution in [0.3, 0.4) is 0 Å². The molecule has 138 valence electrons. The molecule has 1 aliphatic heterocycles. The van der Waals surface area contributed by atoms with Gasteiger partial charge in [0, 0.05) is 11.8 Å². The number of anilines is 1. The Kier molecular flexibility index (Phi) is 4.46. The lowest BCUT2D eigenvalue weighted by atomic mass is 10.1. The van der Waals surface area contributed by atoms with Crippen LogP contribution in [-0.4, -0.2) is 12.7 Å². The second-order valence-electron chi connectivity index (χ2n) is 6.35. The molecule has 1 aromatic heterocycles. The Morgan fingerprint density at radius 2 is 1.89 bits per heavy atom. The second-order valence-corrected chi connectivity index (χ2v) is 6.35. The monoisotopic (exact) mass is 365 g/mol. The van der Waals surface area contributed by atoms with Crippen LogP contribution < -0.4 is 19.5 Å². The minimum Gasteiger partial charge on any atom is -0.485 e. The van der Waals surface area contributed by atoms with E-state index in [1.807, 2.05) is 32.0 Å². The Bertz CT molecular complexity index is 992. The lowest BCUT2D eigenvalue weighted by Gasteiger charge is -2.08. The minimum atomic E-state index is -0.341. The van der Waals surface area contributed by atoms with Crippen LogP contribution in [0.25, 0.3) is 0 Å². The van der Waals surface area contributed by atoms with E-state index < -0.39 is 0 Å². The topological polar surface area (TPSA) is 69.9 Å². The van der Waals surface area contributed by atoms with Crippen LogP contribution in [0.5, 0.6) is 17.2 Å². The van der Waals surface area contributed by atoms with E-state index in [1.165, 1.54) is 0 Å². The Morgan fingerprint density at radius 1 is 1.04 bits per heavy atom. The number of amides is 1. The van der Waals surface area contributed by atoms with Crippen molar-refractivity contribution in [1.82, 2.24) is 0 Å². The number of hydrogen-bond donors (Lipinski definition) is 1. The highest BCUT2D eigenvalue weighted by Gasteiger charge is 2.16. The highest BCUT2D eigenvalue weighted by atomic mass is 16.7. The Hall–Kier alpha value is -3.41. The van der Waals surface area contributed by atoms with Gasteiger partial charge in [0.25, 0.3) is 5.91 Å². The Labute approximate surface area is 156 Å². The highest BCUT2D eigenvalue weighted by molar-refractivity contribution is 6.02. The molecular weight excluding hydrogens is 346 g/mol. The molecule has 3 aromatic rings. The molecule has 1 aliphatic rings. The van der Waals surface area contributed by atoms with Gasteiger partial charge in [-0.2, -0.15) is 0 Å². The van der Waals surface area contributed by atoms with Crippen LogP contribution in [0.15, 0.2) is 52.9 Å². The van der Waals surface area contributed by atoms with E-state index in [9.17, 15) is 4.79 Å². The van der Waals surface area contributed by atoms with Gasteiger partial charge in [0.2, 0.25) is 6.79 Å². The van der Waals surface area contributed by atoms with Crippen molar-refractivity contribution in [2.45, 2.75) is 20.5 Å². The molecular formula is C21H19NO5. The van der Waals surface area contributed by atoms with E-state index in [0.717, 1.165) is 16.9 Å². The van der Waals surface area contributed by atoms with Gasteiger partial charge >= 0.3 is 0 Å². The van der Waals surface area contributed by atoms with Crippen molar-refractivity contribution < 1.29 is 23.4 Å². The third-order valence-corrected chi connectivity index (χ3v) is 4.23. The van der Waals surface area contributed by atoms with Crippen molar-refractivity contribution in [2.24, 2.45) is 0 Å². The zero-order valence-electron chi connectivity index (χ0n) is 15.1. The van der Waals surface area contributed by atoms with Gasteiger partial charge < -0.3 is 23.9 Å². The summed E-state index contributed by atoms with van der Waals surface area (Å²) in [4.78, 5) is 12.4. The van der Waals surface area contributed by atoms with Crippen LogP contribution in [0.2, 0.25) is 0 Å². The minimum absolute atomic E-state index is 0.189. The summed E-state index contributed by atoms with van der Waals surface area (Å²) in [5.41, 5.74) is 2.78. The zero-order chi connectivity index (χ0) is 18.8. The molecule has 2 heterocycles. The highest BCUT2D eigenvalue weighted by Crippen LogP contribution is 2.34. The number of carbonyl (C=O) groups excluding carboxylic acids is 1. The van der Waals surface area contributed by atoms with E-state index in [1.54, 1.807) is 30.3 Å². The van der Waals surface area contributed by atoms with Crippen LogP contribution in [0, 0.1) is 13.8 Å². The number of rotatable bonds is 5. The Morgan fingerprint density at radius 3 is 2.78 bits per heavy atom. The fourth-order valence-corrected chi connectivity index (χ4v) is 2.76. The van der Waals surface area contributed by atoms with Crippen LogP contribution in [0.4, 0.5) is 5.69 Å². The fourth-order valence-electron chi connectivity index (χ4n) is 2.76. The predicted octanol–water partition coefficient (Wildman–Crippen LogP) is 4.46. The molecule has 0 atom stereocenters. The molecule has 1 amide bonds. The summed E-state index contributed by atoms with van der Waals surface area (Å²) in [5, 5.41) is 2.78. The number of furan rings is 1. The maximum Gasteiger partial charge on any atom is 0.291 e. The van der Waals surface area contributed by atoms with Crippen molar-refractivity contribution in [3.05, 3.63) is 71.2 Å². The van der Waals surface area contributed by atoms with Gasteiger partial charge in [-0.15, -0.1) is 0 Å². The van der Waals surface area contributed by atoms with Gasteiger partial charge in [0.05, 0.1) is 0 Å². The van der Waals surface area contributed by atoms with Gasteiger partial charge in [-0.1, -0.05) is 12.1 Å². The second kappa shape index (κ2) is 7.07. The van der Waals surface area contributed by atoms with Crippen molar-refractivity contribution in [3.8, 4) is 17.2 Å². The summed E-state index contributed by atoms with van der Waals surface area (Å²) in [5.74, 6) is 2.52. The van der Waals surface area contributed by atoms with Crippen molar-refractivity contribution in [2.75, 3.05) is 12.1 Å². The maximum atomic E-state index is 12.4. The van der Waals surface area contributed by atoms with Gasteiger partial charge in [0.15, 0.2) is 17.3 Å².